The molecule has 1 aliphatic rings. The molecule has 0 bridgehead atoms. The molecule has 3 aromatic rings. The molecule has 0 aromatic heterocycles. The molecule has 1 amide bonds. The third-order valence-corrected chi connectivity index (χ3v) is 7.72. The van der Waals surface area contributed by atoms with Gasteiger partial charge >= 0.3 is 0 Å². The molecular formula is C26H26N2O5S. The van der Waals surface area contributed by atoms with E-state index in [0.29, 0.717) is 24.4 Å². The monoisotopic (exact) mass is 478 g/mol. The predicted molar refractivity (Wildman–Crippen MR) is 130 cm³/mol. The zero-order valence-electron chi connectivity index (χ0n) is 18.9. The van der Waals surface area contributed by atoms with E-state index in [9.17, 15) is 18.0 Å². The summed E-state index contributed by atoms with van der Waals surface area (Å²) in [5.74, 6) is -0.497. The van der Waals surface area contributed by atoms with Crippen molar-refractivity contribution in [1.29, 1.82) is 0 Å². The Morgan fingerprint density at radius 2 is 1.50 bits per heavy atom. The largest absolute Gasteiger partial charge is 0.495 e. The molecule has 0 saturated carbocycles. The highest BCUT2D eigenvalue weighted by Crippen LogP contribution is 2.30. The van der Waals surface area contributed by atoms with Crippen LogP contribution < -0.4 is 10.1 Å². The van der Waals surface area contributed by atoms with Gasteiger partial charge in [-0.1, -0.05) is 55.0 Å². The van der Waals surface area contributed by atoms with Crippen molar-refractivity contribution in [2.45, 2.75) is 24.2 Å². The van der Waals surface area contributed by atoms with Crippen LogP contribution in [0.25, 0.3) is 0 Å². The average Bonchev–Trinajstić information content (AvgIpc) is 2.89. The minimum Gasteiger partial charge on any atom is -0.495 e. The number of nitrogens with one attached hydrogen (secondary N) is 1. The quantitative estimate of drug-likeness (QED) is 0.510. The molecule has 0 spiro atoms. The van der Waals surface area contributed by atoms with E-state index in [1.54, 1.807) is 48.5 Å². The smallest absolute Gasteiger partial charge is 0.256 e. The molecular weight excluding hydrogens is 452 g/mol. The van der Waals surface area contributed by atoms with Crippen molar-refractivity contribution in [2.75, 3.05) is 25.5 Å². The molecule has 0 unspecified atom stereocenters. The van der Waals surface area contributed by atoms with Crippen LogP contribution in [0.1, 0.15) is 45.5 Å². The lowest BCUT2D eigenvalue weighted by atomic mass is 9.98. The van der Waals surface area contributed by atoms with Crippen LogP contribution in [0.15, 0.2) is 77.7 Å². The van der Waals surface area contributed by atoms with Crippen LogP contribution >= 0.6 is 0 Å². The molecule has 8 heteroatoms. The molecule has 1 saturated heterocycles. The molecule has 1 heterocycles. The molecule has 0 radical (unpaired) electrons. The number of carbonyl (C=O) groups excluding carboxylic acids is 2. The van der Waals surface area contributed by atoms with Crippen molar-refractivity contribution in [1.82, 2.24) is 4.31 Å². The Labute approximate surface area is 199 Å². The van der Waals surface area contributed by atoms with Crippen molar-refractivity contribution < 1.29 is 22.7 Å². The first-order valence-electron chi connectivity index (χ1n) is 11.1. The molecule has 0 aliphatic carbocycles. The third-order valence-electron chi connectivity index (χ3n) is 5.82. The van der Waals surface area contributed by atoms with Crippen LogP contribution in [0.5, 0.6) is 5.75 Å². The second-order valence-electron chi connectivity index (χ2n) is 8.02. The number of methoxy groups -OCH3 is 1. The lowest BCUT2D eigenvalue weighted by molar-refractivity contribution is 0.0996. The molecule has 1 fully saturated rings. The van der Waals surface area contributed by atoms with E-state index in [4.69, 9.17) is 4.74 Å². The number of anilines is 1. The Balaban J connectivity index is 1.65. The van der Waals surface area contributed by atoms with Gasteiger partial charge in [0.2, 0.25) is 10.0 Å². The SMILES string of the molecule is COc1ccc(S(=O)(=O)N2CCCCC2)cc1NC(=O)c1ccccc1C(=O)c1ccccc1. The fourth-order valence-electron chi connectivity index (χ4n) is 4.01. The van der Waals surface area contributed by atoms with Gasteiger partial charge in [-0.05, 0) is 37.1 Å². The van der Waals surface area contributed by atoms with Crippen LogP contribution in [0.2, 0.25) is 0 Å². The number of sulfonamides is 1. The first kappa shape index (κ1) is 23.7. The second-order valence-corrected chi connectivity index (χ2v) is 9.96. The van der Waals surface area contributed by atoms with E-state index < -0.39 is 15.9 Å². The third kappa shape index (κ3) is 4.88. The fourth-order valence-corrected chi connectivity index (χ4v) is 5.56. The fraction of sp³-hybridized carbons (Fsp3) is 0.231. The number of amides is 1. The van der Waals surface area contributed by atoms with Crippen LogP contribution in [-0.4, -0.2) is 44.6 Å². The molecule has 1 N–H and O–H groups in total. The zero-order chi connectivity index (χ0) is 24.1. The van der Waals surface area contributed by atoms with E-state index in [2.05, 4.69) is 5.32 Å². The number of ether oxygens (including phenoxy) is 1. The Hall–Kier alpha value is -3.49. The van der Waals surface area contributed by atoms with Crippen LogP contribution in [-0.2, 0) is 10.0 Å². The Morgan fingerprint density at radius 3 is 2.18 bits per heavy atom. The highest BCUT2D eigenvalue weighted by atomic mass is 32.2. The molecule has 176 valence electrons. The first-order valence-corrected chi connectivity index (χ1v) is 12.5. The first-order chi connectivity index (χ1) is 16.4. The van der Waals surface area contributed by atoms with Crippen LogP contribution in [0.4, 0.5) is 5.69 Å². The maximum Gasteiger partial charge on any atom is 0.256 e. The van der Waals surface area contributed by atoms with Gasteiger partial charge in [-0.15, -0.1) is 0 Å². The van der Waals surface area contributed by atoms with Gasteiger partial charge in [0.15, 0.2) is 5.78 Å². The minimum absolute atomic E-state index is 0.0825. The lowest BCUT2D eigenvalue weighted by Gasteiger charge is -2.26. The molecule has 34 heavy (non-hydrogen) atoms. The summed E-state index contributed by atoms with van der Waals surface area (Å²) in [6.45, 7) is 0.954. The number of benzene rings is 3. The second kappa shape index (κ2) is 10.2. The summed E-state index contributed by atoms with van der Waals surface area (Å²) in [4.78, 5) is 26.3. The Morgan fingerprint density at radius 1 is 0.853 bits per heavy atom. The number of hydrogen-bond donors (Lipinski definition) is 1. The molecule has 0 atom stereocenters. The summed E-state index contributed by atoms with van der Waals surface area (Å²) in [7, 11) is -2.25. The van der Waals surface area contributed by atoms with E-state index in [-0.39, 0.29) is 27.5 Å². The van der Waals surface area contributed by atoms with Crippen molar-refractivity contribution in [3.63, 3.8) is 0 Å². The van der Waals surface area contributed by atoms with E-state index in [1.807, 2.05) is 6.07 Å². The Kier molecular flexibility index (Phi) is 7.09. The number of piperidine rings is 1. The normalized spacial score (nSPS) is 14.4. The maximum absolute atomic E-state index is 13.2. The number of hydrogen-bond acceptors (Lipinski definition) is 5. The average molecular weight is 479 g/mol. The standard InChI is InChI=1S/C26H26N2O5S/c1-33-24-15-14-20(34(31,32)28-16-8-3-9-17-28)18-23(24)27-26(30)22-13-7-6-12-21(22)25(29)19-10-4-2-5-11-19/h2,4-7,10-15,18H,3,8-9,16-17H2,1H3,(H,27,30). The minimum atomic E-state index is -3.70. The summed E-state index contributed by atoms with van der Waals surface area (Å²) in [5, 5.41) is 2.74. The Bertz CT molecular complexity index is 1300. The van der Waals surface area contributed by atoms with Crippen molar-refractivity contribution >= 4 is 27.4 Å². The van der Waals surface area contributed by atoms with Gasteiger partial charge in [-0.2, -0.15) is 4.31 Å². The van der Waals surface area contributed by atoms with Gasteiger partial charge in [-0.25, -0.2) is 8.42 Å². The lowest BCUT2D eigenvalue weighted by Crippen LogP contribution is -2.35. The van der Waals surface area contributed by atoms with E-state index >= 15 is 0 Å². The van der Waals surface area contributed by atoms with E-state index in [1.165, 1.54) is 29.6 Å². The molecule has 4 rings (SSSR count). The topological polar surface area (TPSA) is 92.8 Å². The van der Waals surface area contributed by atoms with Gasteiger partial charge in [-0.3, -0.25) is 9.59 Å². The van der Waals surface area contributed by atoms with Crippen LogP contribution in [0, 0.1) is 0 Å². The maximum atomic E-state index is 13.2. The molecule has 3 aromatic carbocycles. The number of carbonyl (C=O) groups is 2. The summed E-state index contributed by atoms with van der Waals surface area (Å²) in [6.07, 6.45) is 2.66. The predicted octanol–water partition coefficient (Wildman–Crippen LogP) is 4.35. The molecule has 1 aliphatic heterocycles. The number of rotatable bonds is 7. The van der Waals surface area contributed by atoms with Gasteiger partial charge in [0.1, 0.15) is 5.75 Å². The van der Waals surface area contributed by atoms with Crippen LogP contribution in [0.3, 0.4) is 0 Å². The summed E-state index contributed by atoms with van der Waals surface area (Å²) in [6, 6.07) is 19.6. The summed E-state index contributed by atoms with van der Waals surface area (Å²) < 4.78 is 33.1. The van der Waals surface area contributed by atoms with Crippen molar-refractivity contribution in [3.8, 4) is 5.75 Å². The highest BCUT2D eigenvalue weighted by molar-refractivity contribution is 7.89. The van der Waals surface area contributed by atoms with Gasteiger partial charge < -0.3 is 10.1 Å². The summed E-state index contributed by atoms with van der Waals surface area (Å²) in [5.41, 5.74) is 1.12. The van der Waals surface area contributed by atoms with E-state index in [0.717, 1.165) is 19.3 Å². The van der Waals surface area contributed by atoms with Crippen molar-refractivity contribution in [2.24, 2.45) is 0 Å². The number of ketones is 1. The van der Waals surface area contributed by atoms with Gasteiger partial charge in [0.05, 0.1) is 23.3 Å². The van der Waals surface area contributed by atoms with Crippen molar-refractivity contribution in [3.05, 3.63) is 89.5 Å². The zero-order valence-corrected chi connectivity index (χ0v) is 19.7. The number of nitrogens with zero attached hydrogens (tertiary/aromatic N) is 1. The highest BCUT2D eigenvalue weighted by Gasteiger charge is 2.27. The van der Waals surface area contributed by atoms with Gasteiger partial charge in [0, 0.05) is 24.2 Å². The molecule has 7 nitrogen and oxygen atoms in total. The van der Waals surface area contributed by atoms with Gasteiger partial charge in [0.25, 0.3) is 5.91 Å². The summed E-state index contributed by atoms with van der Waals surface area (Å²) >= 11 is 0.